The van der Waals surface area contributed by atoms with Gasteiger partial charge < -0.3 is 14.8 Å². The quantitative estimate of drug-likeness (QED) is 0.762. The van der Waals surface area contributed by atoms with Crippen molar-refractivity contribution in [3.8, 4) is 35.2 Å². The lowest BCUT2D eigenvalue weighted by atomic mass is 10.0. The molecule has 132 valence electrons. The average molecular weight is 343 g/mol. The highest BCUT2D eigenvalue weighted by Crippen LogP contribution is 2.30. The molecule has 1 aromatic carbocycles. The van der Waals surface area contributed by atoms with Gasteiger partial charge in [-0.2, -0.15) is 4.80 Å². The Morgan fingerprint density at radius 1 is 1.36 bits per heavy atom. The molecule has 2 rings (SSSR count). The van der Waals surface area contributed by atoms with Gasteiger partial charge in [0.25, 0.3) is 0 Å². The van der Waals surface area contributed by atoms with Crippen LogP contribution in [0.25, 0.3) is 11.4 Å². The highest BCUT2D eigenvalue weighted by Gasteiger charge is 2.22. The van der Waals surface area contributed by atoms with Crippen LogP contribution in [0.5, 0.6) is 11.5 Å². The second-order valence-corrected chi connectivity index (χ2v) is 5.59. The number of amides is 1. The zero-order valence-corrected chi connectivity index (χ0v) is 14.7. The predicted molar refractivity (Wildman–Crippen MR) is 92.0 cm³/mol. The molecule has 2 aromatic rings. The molecule has 0 aliphatic rings. The first-order valence-corrected chi connectivity index (χ1v) is 7.73. The molecule has 1 unspecified atom stereocenters. The Morgan fingerprint density at radius 3 is 2.68 bits per heavy atom. The molecule has 1 heterocycles. The number of benzene rings is 1. The number of aromatic nitrogens is 4. The van der Waals surface area contributed by atoms with Crippen LogP contribution >= 0.6 is 0 Å². The lowest BCUT2D eigenvalue weighted by Gasteiger charge is -2.22. The molecule has 0 aliphatic heterocycles. The van der Waals surface area contributed by atoms with Gasteiger partial charge in [0, 0.05) is 5.56 Å². The summed E-state index contributed by atoms with van der Waals surface area (Å²) < 4.78 is 10.5. The minimum atomic E-state index is -0.691. The number of carbonyl (C=O) groups excluding carboxylic acids is 1. The summed E-state index contributed by atoms with van der Waals surface area (Å²) in [6.07, 6.45) is 6.08. The monoisotopic (exact) mass is 343 g/mol. The zero-order chi connectivity index (χ0) is 18.4. The number of carbonyl (C=O) groups is 1. The Morgan fingerprint density at radius 2 is 2.08 bits per heavy atom. The number of nitrogens with zero attached hydrogens (tertiary/aromatic N) is 4. The summed E-state index contributed by atoms with van der Waals surface area (Å²) in [5.74, 6) is 3.84. The van der Waals surface area contributed by atoms with E-state index in [9.17, 15) is 4.79 Å². The number of ether oxygens (including phenoxy) is 2. The molecule has 0 fully saturated rings. The first kappa shape index (κ1) is 18.3. The molecule has 25 heavy (non-hydrogen) atoms. The fourth-order valence-corrected chi connectivity index (χ4v) is 2.10. The van der Waals surface area contributed by atoms with E-state index >= 15 is 0 Å². The maximum absolute atomic E-state index is 12.1. The van der Waals surface area contributed by atoms with Crippen LogP contribution in [0.4, 0.5) is 0 Å². The van der Waals surface area contributed by atoms with Crippen molar-refractivity contribution in [1.29, 1.82) is 0 Å². The molecule has 8 heteroatoms. The molecular formula is C17H21N5O3. The molecule has 0 saturated heterocycles. The second-order valence-electron chi connectivity index (χ2n) is 5.59. The van der Waals surface area contributed by atoms with E-state index in [4.69, 9.17) is 15.9 Å². The van der Waals surface area contributed by atoms with Crippen molar-refractivity contribution in [3.63, 3.8) is 0 Å². The summed E-state index contributed by atoms with van der Waals surface area (Å²) in [5.41, 5.74) is 0.00967. The number of hydrogen-bond donors (Lipinski definition) is 1. The molecule has 0 aliphatic carbocycles. The van der Waals surface area contributed by atoms with Gasteiger partial charge in [0.05, 0.1) is 19.8 Å². The lowest BCUT2D eigenvalue weighted by molar-refractivity contribution is -0.123. The molecule has 0 radical (unpaired) electrons. The third-order valence-corrected chi connectivity index (χ3v) is 3.82. The van der Waals surface area contributed by atoms with Crippen molar-refractivity contribution >= 4 is 5.91 Å². The predicted octanol–water partition coefficient (Wildman–Crippen LogP) is 1.28. The lowest BCUT2D eigenvalue weighted by Crippen LogP contribution is -2.45. The van der Waals surface area contributed by atoms with Gasteiger partial charge in [-0.1, -0.05) is 12.8 Å². The molecule has 1 aromatic heterocycles. The number of nitrogens with one attached hydrogen (secondary N) is 1. The summed E-state index contributed by atoms with van der Waals surface area (Å²) in [5, 5.41) is 14.9. The van der Waals surface area contributed by atoms with E-state index in [0.29, 0.717) is 29.3 Å². The van der Waals surface area contributed by atoms with Crippen molar-refractivity contribution in [1.82, 2.24) is 25.5 Å². The standard InChI is InChI=1S/C17H21N5O3/c1-6-17(3,7-2)18-15(23)11-22-20-16(19-21-22)12-8-9-13(24-4)14(10-12)25-5/h1,8-10H,7,11H2,2-5H3,(H,18,23). The first-order chi connectivity index (χ1) is 11.9. The minimum absolute atomic E-state index is 0.0719. The van der Waals surface area contributed by atoms with Gasteiger partial charge in [0.15, 0.2) is 11.5 Å². The van der Waals surface area contributed by atoms with E-state index in [1.165, 1.54) is 4.80 Å². The number of terminal acetylenes is 1. The van der Waals surface area contributed by atoms with Crippen LogP contribution in [-0.2, 0) is 11.3 Å². The molecule has 0 spiro atoms. The summed E-state index contributed by atoms with van der Waals surface area (Å²) in [6.45, 7) is 3.62. The minimum Gasteiger partial charge on any atom is -0.493 e. The van der Waals surface area contributed by atoms with Crippen LogP contribution in [0.3, 0.4) is 0 Å². The van der Waals surface area contributed by atoms with Crippen LogP contribution in [0.1, 0.15) is 20.3 Å². The highest BCUT2D eigenvalue weighted by atomic mass is 16.5. The van der Waals surface area contributed by atoms with Gasteiger partial charge in [-0.05, 0) is 36.8 Å². The Balaban J connectivity index is 2.13. The van der Waals surface area contributed by atoms with E-state index in [0.717, 1.165) is 0 Å². The van der Waals surface area contributed by atoms with Crippen molar-refractivity contribution in [3.05, 3.63) is 18.2 Å². The topological polar surface area (TPSA) is 91.2 Å². The van der Waals surface area contributed by atoms with Crippen molar-refractivity contribution < 1.29 is 14.3 Å². The zero-order valence-electron chi connectivity index (χ0n) is 14.7. The number of tetrazole rings is 1. The third-order valence-electron chi connectivity index (χ3n) is 3.82. The van der Waals surface area contributed by atoms with Gasteiger partial charge in [-0.15, -0.1) is 16.6 Å². The SMILES string of the molecule is C#CC(C)(CC)NC(=O)Cn1nnc(-c2ccc(OC)c(OC)c2)n1. The normalized spacial score (nSPS) is 12.8. The fourth-order valence-electron chi connectivity index (χ4n) is 2.10. The van der Waals surface area contributed by atoms with Crippen molar-refractivity contribution in [2.45, 2.75) is 32.4 Å². The summed E-state index contributed by atoms with van der Waals surface area (Å²) in [7, 11) is 3.11. The summed E-state index contributed by atoms with van der Waals surface area (Å²) >= 11 is 0. The van der Waals surface area contributed by atoms with Crippen molar-refractivity contribution in [2.24, 2.45) is 0 Å². The Labute approximate surface area is 146 Å². The van der Waals surface area contributed by atoms with Crippen LogP contribution in [-0.4, -0.2) is 45.9 Å². The number of hydrogen-bond acceptors (Lipinski definition) is 6. The van der Waals surface area contributed by atoms with Crippen LogP contribution < -0.4 is 14.8 Å². The van der Waals surface area contributed by atoms with Gasteiger partial charge in [-0.3, -0.25) is 4.79 Å². The van der Waals surface area contributed by atoms with Gasteiger partial charge in [0.1, 0.15) is 6.54 Å². The average Bonchev–Trinajstić information content (AvgIpc) is 3.09. The molecule has 1 atom stereocenters. The molecule has 1 amide bonds. The molecule has 1 N–H and O–H groups in total. The van der Waals surface area contributed by atoms with Gasteiger partial charge >= 0.3 is 0 Å². The maximum atomic E-state index is 12.1. The van der Waals surface area contributed by atoms with Crippen LogP contribution in [0.15, 0.2) is 18.2 Å². The molecule has 0 bridgehead atoms. The third kappa shape index (κ3) is 4.26. The fraction of sp³-hybridized carbons (Fsp3) is 0.412. The Kier molecular flexibility index (Phi) is 5.60. The maximum Gasteiger partial charge on any atom is 0.244 e. The van der Waals surface area contributed by atoms with E-state index in [-0.39, 0.29) is 12.5 Å². The Hall–Kier alpha value is -3.08. The molecule has 8 nitrogen and oxygen atoms in total. The number of methoxy groups -OCH3 is 2. The van der Waals surface area contributed by atoms with Gasteiger partial charge in [-0.25, -0.2) is 0 Å². The van der Waals surface area contributed by atoms with E-state index < -0.39 is 5.54 Å². The highest BCUT2D eigenvalue weighted by molar-refractivity contribution is 5.77. The number of rotatable bonds is 7. The summed E-state index contributed by atoms with van der Waals surface area (Å²) in [4.78, 5) is 13.3. The van der Waals surface area contributed by atoms with Crippen LogP contribution in [0, 0.1) is 12.3 Å². The smallest absolute Gasteiger partial charge is 0.244 e. The van der Waals surface area contributed by atoms with E-state index in [1.807, 2.05) is 6.92 Å². The van der Waals surface area contributed by atoms with Gasteiger partial charge in [0.2, 0.25) is 11.7 Å². The van der Waals surface area contributed by atoms with Crippen LogP contribution in [0.2, 0.25) is 0 Å². The van der Waals surface area contributed by atoms with E-state index in [1.54, 1.807) is 39.3 Å². The first-order valence-electron chi connectivity index (χ1n) is 7.73. The Bertz CT molecular complexity index is 796. The van der Waals surface area contributed by atoms with E-state index in [2.05, 4.69) is 26.6 Å². The summed E-state index contributed by atoms with van der Waals surface area (Å²) in [6, 6.07) is 5.28. The largest absolute Gasteiger partial charge is 0.493 e. The van der Waals surface area contributed by atoms with Crippen molar-refractivity contribution in [2.75, 3.05) is 14.2 Å². The molecular weight excluding hydrogens is 322 g/mol. The molecule has 0 saturated carbocycles. The second kappa shape index (κ2) is 7.66.